The van der Waals surface area contributed by atoms with Gasteiger partial charge < -0.3 is 14.7 Å². The highest BCUT2D eigenvalue weighted by atomic mass is 16.7. The topological polar surface area (TPSA) is 76.8 Å². The molecule has 6 nitrogen and oxygen atoms in total. The molecule has 1 aliphatic rings. The normalized spacial score (nSPS) is 17.7. The van der Waals surface area contributed by atoms with Crippen LogP contribution in [0.3, 0.4) is 0 Å². The molecular weight excluding hydrogens is 246 g/mol. The lowest BCUT2D eigenvalue weighted by Gasteiger charge is -2.07. The minimum atomic E-state index is -0.194. The second-order valence-electron chi connectivity index (χ2n) is 4.05. The average molecular weight is 257 g/mol. The Morgan fingerprint density at radius 1 is 1.16 bits per heavy atom. The molecule has 1 atom stereocenters. The molecule has 0 unspecified atom stereocenters. The predicted octanol–water partition coefficient (Wildman–Crippen LogP) is 2.04. The van der Waals surface area contributed by atoms with Crippen molar-refractivity contribution in [2.45, 2.75) is 12.5 Å². The Balaban J connectivity index is 1.65. The van der Waals surface area contributed by atoms with Crippen LogP contribution >= 0.6 is 0 Å². The van der Waals surface area contributed by atoms with E-state index in [0.29, 0.717) is 18.1 Å². The maximum absolute atomic E-state index is 9.24. The van der Waals surface area contributed by atoms with Crippen LogP contribution in [0, 0.1) is 0 Å². The summed E-state index contributed by atoms with van der Waals surface area (Å²) in [7, 11) is 0. The van der Waals surface area contributed by atoms with Gasteiger partial charge in [-0.25, -0.2) is 9.97 Å². The number of hydrogen-bond donors (Lipinski definition) is 1. The summed E-state index contributed by atoms with van der Waals surface area (Å²) in [5.41, 5.74) is 0.935. The Labute approximate surface area is 109 Å². The molecule has 0 spiro atoms. The van der Waals surface area contributed by atoms with Crippen LogP contribution in [0.4, 0.5) is 0 Å². The maximum atomic E-state index is 9.24. The SMILES string of the molecule is Oc1ccc([C@@H]2CC(Oc3cncnc3)=NO2)cc1. The highest BCUT2D eigenvalue weighted by Gasteiger charge is 2.24. The first-order valence-corrected chi connectivity index (χ1v) is 5.76. The third-order valence-electron chi connectivity index (χ3n) is 2.68. The first kappa shape index (κ1) is 11.5. The molecule has 3 rings (SSSR count). The Morgan fingerprint density at radius 2 is 1.89 bits per heavy atom. The van der Waals surface area contributed by atoms with E-state index in [0.717, 1.165) is 5.56 Å². The maximum Gasteiger partial charge on any atom is 0.235 e. The summed E-state index contributed by atoms with van der Waals surface area (Å²) < 4.78 is 5.50. The summed E-state index contributed by atoms with van der Waals surface area (Å²) >= 11 is 0. The molecule has 2 aromatic rings. The zero-order chi connectivity index (χ0) is 13.1. The molecule has 19 heavy (non-hydrogen) atoms. The lowest BCUT2D eigenvalue weighted by molar-refractivity contribution is 0.0855. The summed E-state index contributed by atoms with van der Waals surface area (Å²) in [5.74, 6) is 1.23. The lowest BCUT2D eigenvalue weighted by Crippen LogP contribution is -2.07. The number of benzene rings is 1. The van der Waals surface area contributed by atoms with E-state index in [4.69, 9.17) is 9.57 Å². The summed E-state index contributed by atoms with van der Waals surface area (Å²) in [6, 6.07) is 6.82. The van der Waals surface area contributed by atoms with Crippen LogP contribution < -0.4 is 4.74 Å². The van der Waals surface area contributed by atoms with Crippen molar-refractivity contribution in [3.63, 3.8) is 0 Å². The van der Waals surface area contributed by atoms with E-state index in [2.05, 4.69) is 15.1 Å². The minimum Gasteiger partial charge on any atom is -0.508 e. The van der Waals surface area contributed by atoms with Crippen molar-refractivity contribution in [2.75, 3.05) is 0 Å². The molecule has 96 valence electrons. The molecule has 0 saturated heterocycles. The van der Waals surface area contributed by atoms with Gasteiger partial charge in [0.1, 0.15) is 12.1 Å². The Hall–Kier alpha value is -2.63. The van der Waals surface area contributed by atoms with Gasteiger partial charge in [0, 0.05) is 0 Å². The van der Waals surface area contributed by atoms with Gasteiger partial charge in [-0.1, -0.05) is 17.3 Å². The molecule has 1 aromatic heterocycles. The van der Waals surface area contributed by atoms with E-state index < -0.39 is 0 Å². The van der Waals surface area contributed by atoms with Crippen LogP contribution in [0.5, 0.6) is 11.5 Å². The summed E-state index contributed by atoms with van der Waals surface area (Å²) in [6.45, 7) is 0. The van der Waals surface area contributed by atoms with Crippen LogP contribution in [0.15, 0.2) is 48.1 Å². The van der Waals surface area contributed by atoms with Crippen molar-refractivity contribution in [3.8, 4) is 11.5 Å². The number of aromatic hydroxyl groups is 1. The molecule has 1 aliphatic heterocycles. The van der Waals surface area contributed by atoms with E-state index in [-0.39, 0.29) is 11.9 Å². The number of phenolic OH excluding ortho intramolecular Hbond substituents is 1. The Morgan fingerprint density at radius 3 is 2.63 bits per heavy atom. The standard InChI is InChI=1S/C13H11N3O3/c17-10-3-1-9(2-4-10)12-5-13(16-19-12)18-11-6-14-8-15-7-11/h1-4,6-8,12,17H,5H2/t12-/m0/s1. The largest absolute Gasteiger partial charge is 0.508 e. The second kappa shape index (κ2) is 4.93. The Bertz CT molecular complexity index is 584. The minimum absolute atomic E-state index is 0.194. The first-order valence-electron chi connectivity index (χ1n) is 5.76. The number of phenols is 1. The van der Waals surface area contributed by atoms with E-state index in [9.17, 15) is 5.11 Å². The van der Waals surface area contributed by atoms with Gasteiger partial charge in [0.25, 0.3) is 0 Å². The molecule has 1 aromatic carbocycles. The highest BCUT2D eigenvalue weighted by Crippen LogP contribution is 2.28. The first-order chi connectivity index (χ1) is 9.31. The molecular formula is C13H11N3O3. The third-order valence-corrected chi connectivity index (χ3v) is 2.68. The second-order valence-corrected chi connectivity index (χ2v) is 4.05. The smallest absolute Gasteiger partial charge is 0.235 e. The molecule has 1 N–H and O–H groups in total. The van der Waals surface area contributed by atoms with Crippen molar-refractivity contribution in [1.82, 2.24) is 9.97 Å². The number of aromatic nitrogens is 2. The van der Waals surface area contributed by atoms with E-state index in [1.165, 1.54) is 6.33 Å². The van der Waals surface area contributed by atoms with Crippen molar-refractivity contribution >= 4 is 5.90 Å². The van der Waals surface area contributed by atoms with Crippen LogP contribution in [0.1, 0.15) is 18.1 Å². The van der Waals surface area contributed by atoms with Gasteiger partial charge in [-0.2, -0.15) is 0 Å². The fourth-order valence-electron chi connectivity index (χ4n) is 1.76. The van der Waals surface area contributed by atoms with Crippen molar-refractivity contribution < 1.29 is 14.7 Å². The summed E-state index contributed by atoms with van der Waals surface area (Å²) in [4.78, 5) is 13.0. The zero-order valence-corrected chi connectivity index (χ0v) is 9.93. The van der Waals surface area contributed by atoms with Gasteiger partial charge in [0.2, 0.25) is 5.90 Å². The van der Waals surface area contributed by atoms with Gasteiger partial charge in [-0.3, -0.25) is 0 Å². The number of nitrogens with zero attached hydrogens (tertiary/aromatic N) is 3. The van der Waals surface area contributed by atoms with E-state index in [1.54, 1.807) is 36.7 Å². The molecule has 0 aliphatic carbocycles. The van der Waals surface area contributed by atoms with Gasteiger partial charge >= 0.3 is 0 Å². The van der Waals surface area contributed by atoms with Crippen LogP contribution in [-0.2, 0) is 4.84 Å². The highest BCUT2D eigenvalue weighted by molar-refractivity contribution is 5.79. The van der Waals surface area contributed by atoms with Gasteiger partial charge in [0.05, 0.1) is 18.8 Å². The molecule has 0 amide bonds. The quantitative estimate of drug-likeness (QED) is 0.890. The predicted molar refractivity (Wildman–Crippen MR) is 66.6 cm³/mol. The zero-order valence-electron chi connectivity index (χ0n) is 9.93. The fraction of sp³-hybridized carbons (Fsp3) is 0.154. The number of rotatable bonds is 2. The molecule has 6 heteroatoms. The van der Waals surface area contributed by atoms with Gasteiger partial charge in [0.15, 0.2) is 11.9 Å². The summed E-state index contributed by atoms with van der Waals surface area (Å²) in [6.07, 6.45) is 4.88. The lowest BCUT2D eigenvalue weighted by atomic mass is 10.1. The Kier molecular flexibility index (Phi) is 2.97. The molecule has 0 fully saturated rings. The molecule has 2 heterocycles. The van der Waals surface area contributed by atoms with Crippen molar-refractivity contribution in [2.24, 2.45) is 5.16 Å². The summed E-state index contributed by atoms with van der Waals surface area (Å²) in [5, 5.41) is 13.1. The van der Waals surface area contributed by atoms with E-state index >= 15 is 0 Å². The third kappa shape index (κ3) is 2.62. The van der Waals surface area contributed by atoms with Gasteiger partial charge in [-0.05, 0) is 17.7 Å². The molecule has 0 bridgehead atoms. The number of hydrogen-bond acceptors (Lipinski definition) is 6. The van der Waals surface area contributed by atoms with Crippen molar-refractivity contribution in [3.05, 3.63) is 48.5 Å². The number of oxime groups is 1. The molecule has 0 radical (unpaired) electrons. The number of ether oxygens (including phenoxy) is 1. The van der Waals surface area contributed by atoms with Gasteiger partial charge in [-0.15, -0.1) is 0 Å². The van der Waals surface area contributed by atoms with Crippen LogP contribution in [-0.4, -0.2) is 21.0 Å². The van der Waals surface area contributed by atoms with Crippen LogP contribution in [0.25, 0.3) is 0 Å². The van der Waals surface area contributed by atoms with Crippen LogP contribution in [0.2, 0.25) is 0 Å². The molecule has 0 saturated carbocycles. The monoisotopic (exact) mass is 257 g/mol. The van der Waals surface area contributed by atoms with Crippen molar-refractivity contribution in [1.29, 1.82) is 0 Å². The van der Waals surface area contributed by atoms with E-state index in [1.807, 2.05) is 0 Å². The fourth-order valence-corrected chi connectivity index (χ4v) is 1.76. The average Bonchev–Trinajstić information content (AvgIpc) is 2.89.